The molecule has 1 unspecified atom stereocenters. The van der Waals surface area contributed by atoms with Crippen molar-refractivity contribution in [1.29, 1.82) is 0 Å². The number of halogens is 1. The summed E-state index contributed by atoms with van der Waals surface area (Å²) < 4.78 is 13.3. The van der Waals surface area contributed by atoms with Crippen LogP contribution in [0.3, 0.4) is 0 Å². The molecule has 1 aliphatic heterocycles. The zero-order chi connectivity index (χ0) is 11.9. The fraction of sp³-hybridized carbons (Fsp3) is 0.417. The molecule has 2 rings (SSSR count). The molecule has 4 heteroatoms. The lowest BCUT2D eigenvalue weighted by molar-refractivity contribution is -0.121. The Hall–Kier alpha value is -1.03. The van der Waals surface area contributed by atoms with Gasteiger partial charge in [-0.15, -0.1) is 0 Å². The molecule has 1 aliphatic rings. The van der Waals surface area contributed by atoms with Gasteiger partial charge in [-0.1, -0.05) is 13.8 Å². The molecule has 1 aromatic rings. The molecular formula is C12H14FNOS. The number of thiol groups is 1. The van der Waals surface area contributed by atoms with Crippen LogP contribution in [0.5, 0.6) is 0 Å². The normalized spacial score (nSPS) is 23.4. The number of hydrogen-bond donors (Lipinski definition) is 2. The minimum absolute atomic E-state index is 0.0769. The van der Waals surface area contributed by atoms with Crippen LogP contribution in [0, 0.1) is 11.7 Å². The van der Waals surface area contributed by atoms with Crippen LogP contribution >= 0.6 is 12.6 Å². The SMILES string of the molecule is CC(C)C1(CS)C(=O)Nc2ccc(F)cc21. The van der Waals surface area contributed by atoms with Crippen molar-refractivity contribution in [3.8, 4) is 0 Å². The van der Waals surface area contributed by atoms with Crippen LogP contribution in [-0.4, -0.2) is 11.7 Å². The maximum Gasteiger partial charge on any atom is 0.236 e. The third-order valence-electron chi connectivity index (χ3n) is 3.35. The van der Waals surface area contributed by atoms with Crippen molar-refractivity contribution < 1.29 is 9.18 Å². The average Bonchev–Trinajstić information content (AvgIpc) is 2.50. The lowest BCUT2D eigenvalue weighted by Crippen LogP contribution is -2.41. The monoisotopic (exact) mass is 239 g/mol. The van der Waals surface area contributed by atoms with E-state index in [2.05, 4.69) is 17.9 Å². The van der Waals surface area contributed by atoms with Crippen molar-refractivity contribution in [1.82, 2.24) is 0 Å². The molecule has 16 heavy (non-hydrogen) atoms. The zero-order valence-corrected chi connectivity index (χ0v) is 10.1. The average molecular weight is 239 g/mol. The second kappa shape index (κ2) is 3.77. The maximum atomic E-state index is 13.3. The largest absolute Gasteiger partial charge is 0.325 e. The summed E-state index contributed by atoms with van der Waals surface area (Å²) in [6.45, 7) is 3.91. The highest BCUT2D eigenvalue weighted by Gasteiger charge is 2.48. The minimum Gasteiger partial charge on any atom is -0.325 e. The van der Waals surface area contributed by atoms with Crippen molar-refractivity contribution in [2.24, 2.45) is 5.92 Å². The Morgan fingerprint density at radius 2 is 2.19 bits per heavy atom. The fourth-order valence-electron chi connectivity index (χ4n) is 2.26. The molecule has 0 radical (unpaired) electrons. The smallest absolute Gasteiger partial charge is 0.236 e. The Balaban J connectivity index is 2.65. The summed E-state index contributed by atoms with van der Waals surface area (Å²) in [5.74, 6) is 0.0562. The number of hydrogen-bond acceptors (Lipinski definition) is 2. The van der Waals surface area contributed by atoms with E-state index in [1.165, 1.54) is 12.1 Å². The quantitative estimate of drug-likeness (QED) is 0.763. The molecule has 0 aromatic heterocycles. The molecule has 0 aliphatic carbocycles. The van der Waals surface area contributed by atoms with Gasteiger partial charge in [0.1, 0.15) is 5.82 Å². The molecule has 1 heterocycles. The van der Waals surface area contributed by atoms with Crippen LogP contribution in [0.1, 0.15) is 19.4 Å². The van der Waals surface area contributed by atoms with Crippen LogP contribution < -0.4 is 5.32 Å². The molecule has 0 fully saturated rings. The highest BCUT2D eigenvalue weighted by atomic mass is 32.1. The number of carbonyl (C=O) groups is 1. The Labute approximate surface area is 99.6 Å². The first-order chi connectivity index (χ1) is 7.52. The van der Waals surface area contributed by atoms with Gasteiger partial charge in [0.2, 0.25) is 5.91 Å². The molecule has 0 saturated carbocycles. The summed E-state index contributed by atoms with van der Waals surface area (Å²) in [5, 5.41) is 2.79. The van der Waals surface area contributed by atoms with Crippen molar-refractivity contribution in [3.05, 3.63) is 29.6 Å². The summed E-state index contributed by atoms with van der Waals surface area (Å²) >= 11 is 4.28. The van der Waals surface area contributed by atoms with Gasteiger partial charge in [0, 0.05) is 11.4 Å². The Morgan fingerprint density at radius 1 is 1.50 bits per heavy atom. The Bertz CT molecular complexity index is 447. The van der Waals surface area contributed by atoms with Gasteiger partial charge < -0.3 is 5.32 Å². The second-order valence-electron chi connectivity index (χ2n) is 4.43. The van der Waals surface area contributed by atoms with Crippen LogP contribution in [0.2, 0.25) is 0 Å². The summed E-state index contributed by atoms with van der Waals surface area (Å²) in [6, 6.07) is 4.40. The van der Waals surface area contributed by atoms with Crippen LogP contribution in [0.15, 0.2) is 18.2 Å². The first-order valence-electron chi connectivity index (χ1n) is 5.24. The summed E-state index contributed by atoms with van der Waals surface area (Å²) in [6.07, 6.45) is 0. The molecule has 1 amide bonds. The third kappa shape index (κ3) is 1.36. The number of carbonyl (C=O) groups excluding carboxylic acids is 1. The van der Waals surface area contributed by atoms with Gasteiger partial charge in [-0.2, -0.15) is 12.6 Å². The Morgan fingerprint density at radius 3 is 2.75 bits per heavy atom. The van der Waals surface area contributed by atoms with Gasteiger partial charge in [-0.25, -0.2) is 4.39 Å². The van der Waals surface area contributed by atoms with Gasteiger partial charge in [0.05, 0.1) is 5.41 Å². The van der Waals surface area contributed by atoms with E-state index < -0.39 is 5.41 Å². The zero-order valence-electron chi connectivity index (χ0n) is 9.25. The van der Waals surface area contributed by atoms with E-state index in [9.17, 15) is 9.18 Å². The van der Waals surface area contributed by atoms with Crippen molar-refractivity contribution in [3.63, 3.8) is 0 Å². The third-order valence-corrected chi connectivity index (χ3v) is 3.85. The second-order valence-corrected chi connectivity index (χ2v) is 4.74. The topological polar surface area (TPSA) is 29.1 Å². The van der Waals surface area contributed by atoms with Crippen LogP contribution in [-0.2, 0) is 10.2 Å². The molecule has 86 valence electrons. The van der Waals surface area contributed by atoms with E-state index >= 15 is 0 Å². The number of nitrogens with one attached hydrogen (secondary N) is 1. The van der Waals surface area contributed by atoms with Gasteiger partial charge in [-0.3, -0.25) is 4.79 Å². The fourth-order valence-corrected chi connectivity index (χ4v) is 2.94. The van der Waals surface area contributed by atoms with E-state index in [0.29, 0.717) is 11.4 Å². The van der Waals surface area contributed by atoms with Gasteiger partial charge >= 0.3 is 0 Å². The van der Waals surface area contributed by atoms with E-state index in [0.717, 1.165) is 5.56 Å². The molecule has 1 atom stereocenters. The molecule has 0 saturated heterocycles. The van der Waals surface area contributed by atoms with E-state index in [-0.39, 0.29) is 17.6 Å². The predicted molar refractivity (Wildman–Crippen MR) is 65.4 cm³/mol. The van der Waals surface area contributed by atoms with Gasteiger partial charge in [-0.05, 0) is 29.7 Å². The molecule has 1 aromatic carbocycles. The predicted octanol–water partition coefficient (Wildman–Crippen LogP) is 2.60. The molecule has 0 bridgehead atoms. The highest BCUT2D eigenvalue weighted by Crippen LogP contribution is 2.43. The standard InChI is InChI=1S/C12H14FNOS/c1-7(2)12(6-16)9-5-8(13)3-4-10(9)14-11(12)15/h3-5,7,16H,6H2,1-2H3,(H,14,15). The van der Waals surface area contributed by atoms with Gasteiger partial charge in [0.25, 0.3) is 0 Å². The number of fused-ring (bicyclic) bond motifs is 1. The van der Waals surface area contributed by atoms with E-state index in [1.807, 2.05) is 13.8 Å². The summed E-state index contributed by atoms with van der Waals surface area (Å²) in [4.78, 5) is 12.1. The van der Waals surface area contributed by atoms with Crippen molar-refractivity contribution >= 4 is 24.2 Å². The van der Waals surface area contributed by atoms with Crippen LogP contribution in [0.25, 0.3) is 0 Å². The lowest BCUT2D eigenvalue weighted by atomic mass is 9.74. The molecule has 1 N–H and O–H groups in total. The van der Waals surface area contributed by atoms with E-state index in [4.69, 9.17) is 0 Å². The highest BCUT2D eigenvalue weighted by molar-refractivity contribution is 7.80. The first kappa shape index (κ1) is 11.5. The van der Waals surface area contributed by atoms with E-state index in [1.54, 1.807) is 6.07 Å². The molecule has 2 nitrogen and oxygen atoms in total. The number of amides is 1. The number of anilines is 1. The molecule has 0 spiro atoms. The van der Waals surface area contributed by atoms with Crippen LogP contribution in [0.4, 0.5) is 10.1 Å². The maximum absolute atomic E-state index is 13.3. The van der Waals surface area contributed by atoms with Crippen molar-refractivity contribution in [2.45, 2.75) is 19.3 Å². The summed E-state index contributed by atoms with van der Waals surface area (Å²) in [5.41, 5.74) is 0.720. The Kier molecular flexibility index (Phi) is 2.70. The number of rotatable bonds is 2. The molecular weight excluding hydrogens is 225 g/mol. The summed E-state index contributed by atoms with van der Waals surface area (Å²) in [7, 11) is 0. The lowest BCUT2D eigenvalue weighted by Gasteiger charge is -2.29. The van der Waals surface area contributed by atoms with Crippen molar-refractivity contribution in [2.75, 3.05) is 11.1 Å². The number of benzene rings is 1. The van der Waals surface area contributed by atoms with Gasteiger partial charge in [0.15, 0.2) is 0 Å². The minimum atomic E-state index is -0.708. The first-order valence-corrected chi connectivity index (χ1v) is 5.88.